The molecule has 1 nitrogen and oxygen atoms in total. The van der Waals surface area contributed by atoms with Gasteiger partial charge in [0.25, 0.3) is 0 Å². The van der Waals surface area contributed by atoms with Gasteiger partial charge in [0.1, 0.15) is 0 Å². The maximum Gasteiger partial charge on any atom is 0.0553 e. The summed E-state index contributed by atoms with van der Waals surface area (Å²) in [4.78, 5) is 0. The maximum atomic E-state index is 5.58. The number of aromatic nitrogens is 1. The third-order valence-electron chi connectivity index (χ3n) is 4.11. The van der Waals surface area contributed by atoms with Gasteiger partial charge in [-0.2, -0.15) is 0 Å². The van der Waals surface area contributed by atoms with Crippen molar-refractivity contribution in [2.45, 2.75) is 0 Å². The first kappa shape index (κ1) is 13.3. The fourth-order valence-corrected chi connectivity index (χ4v) is 3.06. The first-order chi connectivity index (χ1) is 11.3. The molecule has 3 aromatic carbocycles. The van der Waals surface area contributed by atoms with E-state index in [1.807, 2.05) is 30.3 Å². The van der Waals surface area contributed by atoms with Gasteiger partial charge in [-0.15, -0.1) is 12.8 Å². The molecule has 0 amide bonds. The van der Waals surface area contributed by atoms with E-state index in [0.717, 1.165) is 38.6 Å². The van der Waals surface area contributed by atoms with E-state index in [4.69, 9.17) is 12.8 Å². The number of fused-ring (bicyclic) bond motifs is 3. The van der Waals surface area contributed by atoms with Crippen LogP contribution in [-0.4, -0.2) is 4.57 Å². The zero-order valence-electron chi connectivity index (χ0n) is 12.5. The highest BCUT2D eigenvalue weighted by molar-refractivity contribution is 6.10. The molecule has 0 atom stereocenters. The number of hydrogen-bond donors (Lipinski definition) is 0. The lowest BCUT2D eigenvalue weighted by Crippen LogP contribution is -1.93. The fraction of sp³-hybridized carbons (Fsp3) is 0. The summed E-state index contributed by atoms with van der Waals surface area (Å²) in [7, 11) is 0. The zero-order valence-corrected chi connectivity index (χ0v) is 12.5. The van der Waals surface area contributed by atoms with E-state index in [2.05, 4.69) is 52.8 Å². The monoisotopic (exact) mass is 291 g/mol. The van der Waals surface area contributed by atoms with Crippen LogP contribution >= 0.6 is 0 Å². The molecule has 106 valence electrons. The number of terminal acetylenes is 2. The Morgan fingerprint density at radius 1 is 0.652 bits per heavy atom. The maximum absolute atomic E-state index is 5.58. The minimum absolute atomic E-state index is 0.870. The Morgan fingerprint density at radius 3 is 2.09 bits per heavy atom. The van der Waals surface area contributed by atoms with E-state index < -0.39 is 0 Å². The molecule has 0 N–H and O–H groups in total. The molecule has 0 spiro atoms. The van der Waals surface area contributed by atoms with E-state index in [9.17, 15) is 0 Å². The van der Waals surface area contributed by atoms with Crippen LogP contribution in [0.4, 0.5) is 0 Å². The van der Waals surface area contributed by atoms with Crippen molar-refractivity contribution in [3.8, 4) is 30.4 Å². The summed E-state index contributed by atoms with van der Waals surface area (Å²) in [5.41, 5.74) is 5.07. The predicted octanol–water partition coefficient (Wildman–Crippen LogP) is 4.75. The minimum atomic E-state index is 0.870. The van der Waals surface area contributed by atoms with Crippen molar-refractivity contribution in [1.29, 1.82) is 0 Å². The summed E-state index contributed by atoms with van der Waals surface area (Å²) in [5, 5.41) is 2.29. The van der Waals surface area contributed by atoms with Gasteiger partial charge in [0.05, 0.1) is 11.0 Å². The van der Waals surface area contributed by atoms with Gasteiger partial charge in [-0.1, -0.05) is 36.1 Å². The normalized spacial score (nSPS) is 10.5. The van der Waals surface area contributed by atoms with Gasteiger partial charge in [0.2, 0.25) is 0 Å². The van der Waals surface area contributed by atoms with E-state index in [0.29, 0.717) is 0 Å². The SMILES string of the molecule is C#Cc1ccc2c(c1)c1ccc(C#C)cc1n2-c1ccccc1. The van der Waals surface area contributed by atoms with Crippen LogP contribution in [0.5, 0.6) is 0 Å². The molecule has 0 aliphatic carbocycles. The van der Waals surface area contributed by atoms with Crippen molar-refractivity contribution >= 4 is 21.8 Å². The molecule has 4 rings (SSSR count). The van der Waals surface area contributed by atoms with E-state index in [1.54, 1.807) is 0 Å². The smallest absolute Gasteiger partial charge is 0.0553 e. The Morgan fingerprint density at radius 2 is 1.35 bits per heavy atom. The molecular formula is C22H13N. The number of hydrogen-bond acceptors (Lipinski definition) is 0. The van der Waals surface area contributed by atoms with E-state index in [1.165, 1.54) is 0 Å². The largest absolute Gasteiger partial charge is 0.309 e. The first-order valence-electron chi connectivity index (χ1n) is 7.38. The second-order valence-electron chi connectivity index (χ2n) is 5.42. The van der Waals surface area contributed by atoms with Crippen LogP contribution in [0.15, 0.2) is 66.7 Å². The van der Waals surface area contributed by atoms with Crippen molar-refractivity contribution in [1.82, 2.24) is 4.57 Å². The molecule has 0 bridgehead atoms. The summed E-state index contributed by atoms with van der Waals surface area (Å²) in [6, 6.07) is 22.5. The molecule has 0 aliphatic rings. The zero-order chi connectivity index (χ0) is 15.8. The van der Waals surface area contributed by atoms with Gasteiger partial charge in [0.15, 0.2) is 0 Å². The van der Waals surface area contributed by atoms with Gasteiger partial charge >= 0.3 is 0 Å². The highest BCUT2D eigenvalue weighted by atomic mass is 15.0. The molecule has 1 heterocycles. The van der Waals surface area contributed by atoms with Crippen molar-refractivity contribution < 1.29 is 0 Å². The molecule has 23 heavy (non-hydrogen) atoms. The minimum Gasteiger partial charge on any atom is -0.309 e. The number of benzene rings is 3. The quantitative estimate of drug-likeness (QED) is 0.446. The Kier molecular flexibility index (Phi) is 2.94. The van der Waals surface area contributed by atoms with Gasteiger partial charge in [-0.3, -0.25) is 0 Å². The highest BCUT2D eigenvalue weighted by Gasteiger charge is 2.12. The highest BCUT2D eigenvalue weighted by Crippen LogP contribution is 2.33. The van der Waals surface area contributed by atoms with Crippen LogP contribution in [-0.2, 0) is 0 Å². The molecule has 0 fully saturated rings. The standard InChI is InChI=1S/C22H13N/c1-3-16-11-13-21-20(14-16)19-12-10-17(4-2)15-22(19)23(21)18-8-6-5-7-9-18/h1-2,5-15H. The third-order valence-corrected chi connectivity index (χ3v) is 4.11. The average Bonchev–Trinajstić information content (AvgIpc) is 2.95. The summed E-state index contributed by atoms with van der Waals surface area (Å²) < 4.78 is 2.23. The molecule has 4 aromatic rings. The van der Waals surface area contributed by atoms with Gasteiger partial charge in [0, 0.05) is 27.6 Å². The molecule has 0 aliphatic heterocycles. The van der Waals surface area contributed by atoms with Crippen LogP contribution < -0.4 is 0 Å². The second-order valence-corrected chi connectivity index (χ2v) is 5.42. The Balaban J connectivity index is 2.21. The molecule has 0 saturated heterocycles. The summed E-state index contributed by atoms with van der Waals surface area (Å²) in [6.07, 6.45) is 11.1. The van der Waals surface area contributed by atoms with Crippen LogP contribution in [0.2, 0.25) is 0 Å². The number of rotatable bonds is 1. The molecule has 0 unspecified atom stereocenters. The van der Waals surface area contributed by atoms with E-state index >= 15 is 0 Å². The van der Waals surface area contributed by atoms with Crippen molar-refractivity contribution in [3.63, 3.8) is 0 Å². The topological polar surface area (TPSA) is 4.93 Å². The van der Waals surface area contributed by atoms with Gasteiger partial charge < -0.3 is 4.57 Å². The summed E-state index contributed by atoms with van der Waals surface area (Å²) in [6.45, 7) is 0. The van der Waals surface area contributed by atoms with Crippen LogP contribution in [0.25, 0.3) is 27.5 Å². The molecular weight excluding hydrogens is 278 g/mol. The van der Waals surface area contributed by atoms with Crippen molar-refractivity contribution in [2.24, 2.45) is 0 Å². The lowest BCUT2D eigenvalue weighted by Gasteiger charge is -2.07. The Labute approximate surface area is 135 Å². The van der Waals surface area contributed by atoms with Gasteiger partial charge in [-0.25, -0.2) is 0 Å². The van der Waals surface area contributed by atoms with Crippen LogP contribution in [0, 0.1) is 24.7 Å². The summed E-state index contributed by atoms with van der Waals surface area (Å²) >= 11 is 0. The lowest BCUT2D eigenvalue weighted by atomic mass is 10.1. The average molecular weight is 291 g/mol. The Bertz CT molecular complexity index is 1120. The number of nitrogens with zero attached hydrogens (tertiary/aromatic N) is 1. The molecule has 1 heteroatoms. The third kappa shape index (κ3) is 2.00. The van der Waals surface area contributed by atoms with Gasteiger partial charge in [-0.05, 0) is 42.5 Å². The van der Waals surface area contributed by atoms with Crippen LogP contribution in [0.3, 0.4) is 0 Å². The second kappa shape index (κ2) is 5.09. The molecule has 0 radical (unpaired) electrons. The fourth-order valence-electron chi connectivity index (χ4n) is 3.06. The Hall–Kier alpha value is -3.42. The summed E-state index contributed by atoms with van der Waals surface area (Å²) in [5.74, 6) is 5.43. The first-order valence-corrected chi connectivity index (χ1v) is 7.38. The van der Waals surface area contributed by atoms with E-state index in [-0.39, 0.29) is 0 Å². The molecule has 0 saturated carbocycles. The molecule has 1 aromatic heterocycles. The van der Waals surface area contributed by atoms with Crippen molar-refractivity contribution in [2.75, 3.05) is 0 Å². The van der Waals surface area contributed by atoms with Crippen molar-refractivity contribution in [3.05, 3.63) is 77.9 Å². The number of para-hydroxylation sites is 1. The lowest BCUT2D eigenvalue weighted by molar-refractivity contribution is 1.18. The van der Waals surface area contributed by atoms with Crippen LogP contribution in [0.1, 0.15) is 11.1 Å². The predicted molar refractivity (Wildman–Crippen MR) is 96.7 cm³/mol.